The highest BCUT2D eigenvalue weighted by Gasteiger charge is 2.05. The largest absolute Gasteiger partial charge is 0.338 e. The van der Waals surface area contributed by atoms with Crippen LogP contribution in [-0.4, -0.2) is 25.3 Å². The zero-order chi connectivity index (χ0) is 14.1. The van der Waals surface area contributed by atoms with Crippen molar-refractivity contribution in [3.63, 3.8) is 0 Å². The molecule has 0 aromatic heterocycles. The van der Waals surface area contributed by atoms with E-state index in [0.29, 0.717) is 6.54 Å². The van der Waals surface area contributed by atoms with E-state index in [1.807, 2.05) is 38.3 Å². The summed E-state index contributed by atoms with van der Waals surface area (Å²) >= 11 is 0. The average molecular weight is 261 g/mol. The van der Waals surface area contributed by atoms with Gasteiger partial charge in [0.2, 0.25) is 0 Å². The second-order valence-electron chi connectivity index (χ2n) is 4.50. The number of nitrogens with zero attached hydrogens (tertiary/aromatic N) is 1. The van der Waals surface area contributed by atoms with Gasteiger partial charge < -0.3 is 10.6 Å². The van der Waals surface area contributed by atoms with Gasteiger partial charge in [0.1, 0.15) is 0 Å². The van der Waals surface area contributed by atoms with E-state index in [-0.39, 0.29) is 6.03 Å². The Kier molecular flexibility index (Phi) is 6.64. The Morgan fingerprint density at radius 1 is 1.32 bits per heavy atom. The van der Waals surface area contributed by atoms with Crippen LogP contribution in [0.4, 0.5) is 10.5 Å². The summed E-state index contributed by atoms with van der Waals surface area (Å²) < 4.78 is 0. The van der Waals surface area contributed by atoms with Crippen LogP contribution in [0.3, 0.4) is 0 Å². The number of rotatable bonds is 6. The summed E-state index contributed by atoms with van der Waals surface area (Å²) in [7, 11) is 0. The van der Waals surface area contributed by atoms with E-state index in [2.05, 4.69) is 22.5 Å². The van der Waals surface area contributed by atoms with Gasteiger partial charge in [-0.2, -0.15) is 0 Å². The first-order valence-electron chi connectivity index (χ1n) is 6.74. The Morgan fingerprint density at radius 2 is 2.00 bits per heavy atom. The fourth-order valence-electron chi connectivity index (χ4n) is 1.76. The third-order valence-electron chi connectivity index (χ3n) is 2.78. The maximum absolute atomic E-state index is 11.7. The number of aliphatic imine (C=N–C) groups is 1. The van der Waals surface area contributed by atoms with Crippen molar-refractivity contribution in [1.29, 1.82) is 0 Å². The lowest BCUT2D eigenvalue weighted by Gasteiger charge is -2.12. The molecule has 0 unspecified atom stereocenters. The number of urea groups is 1. The van der Waals surface area contributed by atoms with E-state index in [1.165, 1.54) is 0 Å². The molecule has 0 saturated carbocycles. The number of carbonyl (C=O) groups is 1. The molecule has 0 aliphatic rings. The van der Waals surface area contributed by atoms with Crippen molar-refractivity contribution in [1.82, 2.24) is 5.32 Å². The number of nitrogens with one attached hydrogen (secondary N) is 2. The molecule has 4 nitrogen and oxygen atoms in total. The first-order valence-corrected chi connectivity index (χ1v) is 6.74. The van der Waals surface area contributed by atoms with Crippen molar-refractivity contribution in [2.24, 2.45) is 4.99 Å². The second-order valence-corrected chi connectivity index (χ2v) is 4.50. The highest BCUT2D eigenvalue weighted by molar-refractivity contribution is 5.90. The van der Waals surface area contributed by atoms with Gasteiger partial charge in [0, 0.05) is 18.8 Å². The van der Waals surface area contributed by atoms with Gasteiger partial charge in [-0.1, -0.05) is 25.1 Å². The maximum Gasteiger partial charge on any atom is 0.319 e. The quantitative estimate of drug-likeness (QED) is 0.599. The molecule has 0 saturated heterocycles. The van der Waals surface area contributed by atoms with Crippen LogP contribution in [0.2, 0.25) is 0 Å². The smallest absolute Gasteiger partial charge is 0.319 e. The van der Waals surface area contributed by atoms with E-state index in [9.17, 15) is 4.79 Å². The molecule has 0 atom stereocenters. The van der Waals surface area contributed by atoms with Gasteiger partial charge in [0.25, 0.3) is 0 Å². The van der Waals surface area contributed by atoms with Crippen LogP contribution in [0.25, 0.3) is 0 Å². The fourth-order valence-corrected chi connectivity index (χ4v) is 1.76. The molecule has 0 radical (unpaired) electrons. The van der Waals surface area contributed by atoms with E-state index >= 15 is 0 Å². The Balaban J connectivity index is 2.33. The van der Waals surface area contributed by atoms with E-state index in [1.54, 1.807) is 0 Å². The van der Waals surface area contributed by atoms with E-state index in [0.717, 1.165) is 36.2 Å². The zero-order valence-electron chi connectivity index (χ0n) is 12.0. The van der Waals surface area contributed by atoms with E-state index in [4.69, 9.17) is 0 Å². The molecule has 0 spiro atoms. The van der Waals surface area contributed by atoms with Gasteiger partial charge >= 0.3 is 6.03 Å². The molecule has 104 valence electrons. The number of carbonyl (C=O) groups excluding carboxylic acids is 1. The van der Waals surface area contributed by atoms with Gasteiger partial charge in [-0.3, -0.25) is 4.99 Å². The van der Waals surface area contributed by atoms with Crippen molar-refractivity contribution in [2.75, 3.05) is 18.4 Å². The monoisotopic (exact) mass is 261 g/mol. The fraction of sp³-hybridized carbons (Fsp3) is 0.467. The Labute approximate surface area is 115 Å². The van der Waals surface area contributed by atoms with Crippen LogP contribution in [0.5, 0.6) is 0 Å². The number of benzene rings is 1. The van der Waals surface area contributed by atoms with Crippen LogP contribution in [0, 0.1) is 13.8 Å². The topological polar surface area (TPSA) is 53.5 Å². The minimum Gasteiger partial charge on any atom is -0.338 e. The van der Waals surface area contributed by atoms with Crippen molar-refractivity contribution < 1.29 is 4.79 Å². The minimum absolute atomic E-state index is 0.156. The predicted molar refractivity (Wildman–Crippen MR) is 81.2 cm³/mol. The molecular formula is C15H23N3O. The predicted octanol–water partition coefficient (Wildman–Crippen LogP) is 3.30. The number of aryl methyl sites for hydroxylation is 2. The summed E-state index contributed by atoms with van der Waals surface area (Å²) in [5.74, 6) is 0. The van der Waals surface area contributed by atoms with Gasteiger partial charge in [-0.25, -0.2) is 4.79 Å². The van der Waals surface area contributed by atoms with Crippen LogP contribution in [0.15, 0.2) is 23.2 Å². The molecule has 0 bridgehead atoms. The first kappa shape index (κ1) is 15.2. The third kappa shape index (κ3) is 5.55. The molecule has 2 amide bonds. The standard InChI is InChI=1S/C15H23N3O/c1-4-9-16-10-6-11-17-15(19)18-14-12(2)7-5-8-13(14)3/h5,7-9H,4,6,10-11H2,1-3H3,(H2,17,18,19). The van der Waals surface area contributed by atoms with Crippen molar-refractivity contribution in [3.8, 4) is 0 Å². The highest BCUT2D eigenvalue weighted by atomic mass is 16.2. The molecule has 19 heavy (non-hydrogen) atoms. The summed E-state index contributed by atoms with van der Waals surface area (Å²) in [5, 5.41) is 5.73. The normalized spacial score (nSPS) is 10.7. The van der Waals surface area contributed by atoms with Crippen LogP contribution in [-0.2, 0) is 0 Å². The highest BCUT2D eigenvalue weighted by Crippen LogP contribution is 2.18. The van der Waals surface area contributed by atoms with Gasteiger partial charge in [-0.15, -0.1) is 0 Å². The Hall–Kier alpha value is -1.84. The number of anilines is 1. The number of amides is 2. The van der Waals surface area contributed by atoms with Crippen molar-refractivity contribution >= 4 is 17.9 Å². The Morgan fingerprint density at radius 3 is 2.63 bits per heavy atom. The summed E-state index contributed by atoms with van der Waals surface area (Å²) in [6.45, 7) is 7.43. The summed E-state index contributed by atoms with van der Waals surface area (Å²) in [5.41, 5.74) is 3.04. The van der Waals surface area contributed by atoms with Gasteiger partial charge in [0.15, 0.2) is 0 Å². The van der Waals surface area contributed by atoms with E-state index < -0.39 is 0 Å². The summed E-state index contributed by atoms with van der Waals surface area (Å²) in [6, 6.07) is 5.81. The first-order chi connectivity index (χ1) is 9.15. The maximum atomic E-state index is 11.7. The van der Waals surface area contributed by atoms with Crippen LogP contribution in [0.1, 0.15) is 30.9 Å². The number of para-hydroxylation sites is 1. The van der Waals surface area contributed by atoms with Crippen LogP contribution < -0.4 is 10.6 Å². The Bertz CT molecular complexity index is 421. The number of hydrogen-bond acceptors (Lipinski definition) is 2. The molecule has 0 heterocycles. The van der Waals surface area contributed by atoms with Crippen molar-refractivity contribution in [3.05, 3.63) is 29.3 Å². The molecule has 0 aliphatic carbocycles. The number of hydrogen-bond donors (Lipinski definition) is 2. The van der Waals surface area contributed by atoms with Crippen molar-refractivity contribution in [2.45, 2.75) is 33.6 Å². The summed E-state index contributed by atoms with van der Waals surface area (Å²) in [6.07, 6.45) is 3.72. The lowest BCUT2D eigenvalue weighted by molar-refractivity contribution is 0.252. The molecule has 0 aliphatic heterocycles. The lowest BCUT2D eigenvalue weighted by atomic mass is 10.1. The zero-order valence-corrected chi connectivity index (χ0v) is 12.0. The van der Waals surface area contributed by atoms with Gasteiger partial charge in [0.05, 0.1) is 0 Å². The molecule has 1 aromatic carbocycles. The summed E-state index contributed by atoms with van der Waals surface area (Å²) in [4.78, 5) is 15.9. The lowest BCUT2D eigenvalue weighted by Crippen LogP contribution is -2.30. The molecule has 2 N–H and O–H groups in total. The molecule has 1 rings (SSSR count). The van der Waals surface area contributed by atoms with Gasteiger partial charge in [-0.05, 0) is 44.0 Å². The second kappa shape index (κ2) is 8.29. The SMILES string of the molecule is CCC=NCCCNC(=O)Nc1c(C)cccc1C. The molecular weight excluding hydrogens is 238 g/mol. The van der Waals surface area contributed by atoms with Crippen LogP contribution >= 0.6 is 0 Å². The minimum atomic E-state index is -0.156. The third-order valence-corrected chi connectivity index (χ3v) is 2.78. The molecule has 1 aromatic rings. The molecule has 4 heteroatoms. The molecule has 0 fully saturated rings. The average Bonchev–Trinajstić information content (AvgIpc) is 2.38.